The lowest BCUT2D eigenvalue weighted by Gasteiger charge is -2.13. The van der Waals surface area contributed by atoms with Crippen molar-refractivity contribution < 1.29 is 14.5 Å². The molecule has 0 aliphatic heterocycles. The Labute approximate surface area is 121 Å². The zero-order valence-corrected chi connectivity index (χ0v) is 12.9. The van der Waals surface area contributed by atoms with E-state index in [1.807, 2.05) is 25.1 Å². The first kappa shape index (κ1) is 16.9. The zero-order valence-electron chi connectivity index (χ0n) is 11.9. The number of carbonyl (C=O) groups is 1. The Balaban J connectivity index is 2.21. The highest BCUT2D eigenvalue weighted by Crippen LogP contribution is 2.27. The number of nitrogens with two attached hydrogens (primary N) is 1. The van der Waals surface area contributed by atoms with Crippen LogP contribution in [0, 0.1) is 5.92 Å². The van der Waals surface area contributed by atoms with E-state index in [-0.39, 0.29) is 5.92 Å². The minimum atomic E-state index is -1.63. The third kappa shape index (κ3) is 6.88. The van der Waals surface area contributed by atoms with Gasteiger partial charge in [-0.3, -0.25) is 4.79 Å². The molecule has 0 bridgehead atoms. The van der Waals surface area contributed by atoms with E-state index in [4.69, 9.17) is 10.8 Å². The van der Waals surface area contributed by atoms with Gasteiger partial charge in [0, 0.05) is 6.16 Å². The molecule has 0 fully saturated rings. The maximum absolute atomic E-state index is 12.0. The first-order chi connectivity index (χ1) is 9.49. The van der Waals surface area contributed by atoms with Gasteiger partial charge in [-0.2, -0.15) is 0 Å². The fraction of sp³-hybridized carbons (Fsp3) is 0.533. The molecule has 3 atom stereocenters. The number of hydrogen-bond donors (Lipinski definition) is 2. The van der Waals surface area contributed by atoms with E-state index in [9.17, 15) is 9.36 Å². The van der Waals surface area contributed by atoms with E-state index in [1.54, 1.807) is 0 Å². The molecule has 0 spiro atoms. The van der Waals surface area contributed by atoms with Crippen LogP contribution in [0.15, 0.2) is 30.3 Å². The summed E-state index contributed by atoms with van der Waals surface area (Å²) < 4.78 is 12.0. The number of aliphatic carboxylic acids is 1. The summed E-state index contributed by atoms with van der Waals surface area (Å²) in [7, 11) is -1.63. The predicted octanol–water partition coefficient (Wildman–Crippen LogP) is 2.62. The molecule has 5 heteroatoms. The molecule has 1 aromatic rings. The molecule has 0 heterocycles. The molecule has 0 saturated heterocycles. The predicted molar refractivity (Wildman–Crippen MR) is 82.9 cm³/mol. The summed E-state index contributed by atoms with van der Waals surface area (Å²) in [6.07, 6.45) is 3.58. The van der Waals surface area contributed by atoms with Crippen LogP contribution in [0.2, 0.25) is 0 Å². The maximum Gasteiger partial charge on any atom is 0.320 e. The highest BCUT2D eigenvalue weighted by Gasteiger charge is 2.17. The van der Waals surface area contributed by atoms with E-state index in [0.717, 1.165) is 19.0 Å². The largest absolute Gasteiger partial charge is 0.480 e. The smallest absolute Gasteiger partial charge is 0.320 e. The maximum atomic E-state index is 12.0. The van der Waals surface area contributed by atoms with E-state index < -0.39 is 19.8 Å². The Hall–Kier alpha value is -1.12. The molecule has 4 nitrogen and oxygen atoms in total. The molecule has 20 heavy (non-hydrogen) atoms. The number of benzene rings is 1. The van der Waals surface area contributed by atoms with Gasteiger partial charge in [-0.15, -0.1) is 0 Å². The normalized spacial score (nSPS) is 15.5. The second-order valence-corrected chi connectivity index (χ2v) is 7.35. The Kier molecular flexibility index (Phi) is 7.56. The van der Waals surface area contributed by atoms with Crippen molar-refractivity contribution in [1.82, 2.24) is 0 Å². The Morgan fingerprint density at radius 3 is 2.60 bits per heavy atom. The van der Waals surface area contributed by atoms with E-state index in [2.05, 4.69) is 12.1 Å². The molecule has 1 rings (SSSR count). The summed E-state index contributed by atoms with van der Waals surface area (Å²) in [5.41, 5.74) is 6.75. The van der Waals surface area contributed by atoms with Crippen LogP contribution in [-0.4, -0.2) is 29.4 Å². The second kappa shape index (κ2) is 8.93. The van der Waals surface area contributed by atoms with Gasteiger partial charge in [0.25, 0.3) is 0 Å². The van der Waals surface area contributed by atoms with Crippen LogP contribution in [0.4, 0.5) is 0 Å². The fourth-order valence-electron chi connectivity index (χ4n) is 2.24. The summed E-state index contributed by atoms with van der Waals surface area (Å²) in [6.45, 7) is 1.92. The monoisotopic (exact) mass is 297 g/mol. The molecule has 112 valence electrons. The van der Waals surface area contributed by atoms with Crippen molar-refractivity contribution in [3.8, 4) is 0 Å². The molecular formula is C15H24NO3P. The van der Waals surface area contributed by atoms with Gasteiger partial charge in [-0.1, -0.05) is 37.3 Å². The SMILES string of the molecule is CC(C[C@H](N)C(=O)O)C[PH](=O)CCCc1ccccc1. The molecule has 0 radical (unpaired) electrons. The third-order valence-corrected chi connectivity index (χ3v) is 5.38. The molecule has 0 saturated carbocycles. The van der Waals surface area contributed by atoms with Crippen LogP contribution in [0.1, 0.15) is 25.3 Å². The van der Waals surface area contributed by atoms with Crippen LogP contribution in [0.3, 0.4) is 0 Å². The van der Waals surface area contributed by atoms with Crippen molar-refractivity contribution in [2.24, 2.45) is 11.7 Å². The van der Waals surface area contributed by atoms with Crippen LogP contribution in [-0.2, 0) is 15.8 Å². The van der Waals surface area contributed by atoms with Crippen molar-refractivity contribution in [1.29, 1.82) is 0 Å². The highest BCUT2D eigenvalue weighted by molar-refractivity contribution is 7.44. The molecule has 3 N–H and O–H groups in total. The Morgan fingerprint density at radius 1 is 1.35 bits per heavy atom. The molecule has 2 unspecified atom stereocenters. The van der Waals surface area contributed by atoms with Crippen molar-refractivity contribution in [2.45, 2.75) is 32.2 Å². The van der Waals surface area contributed by atoms with Gasteiger partial charge in [0.05, 0.1) is 7.80 Å². The van der Waals surface area contributed by atoms with Crippen molar-refractivity contribution >= 4 is 13.8 Å². The fourth-order valence-corrected chi connectivity index (χ4v) is 3.96. The summed E-state index contributed by atoms with van der Waals surface area (Å²) in [5.74, 6) is -0.884. The number of carboxylic acid groups (broad SMARTS) is 1. The lowest BCUT2D eigenvalue weighted by atomic mass is 10.0. The molecule has 0 aliphatic rings. The van der Waals surface area contributed by atoms with Crippen molar-refractivity contribution in [2.75, 3.05) is 12.3 Å². The molecule has 1 aromatic carbocycles. The average molecular weight is 297 g/mol. The van der Waals surface area contributed by atoms with Crippen LogP contribution in [0.25, 0.3) is 0 Å². The zero-order chi connectivity index (χ0) is 15.0. The molecular weight excluding hydrogens is 273 g/mol. The summed E-state index contributed by atoms with van der Waals surface area (Å²) in [4.78, 5) is 10.7. The second-order valence-electron chi connectivity index (χ2n) is 5.37. The van der Waals surface area contributed by atoms with Crippen LogP contribution in [0.5, 0.6) is 0 Å². The molecule has 0 aromatic heterocycles. The minimum absolute atomic E-state index is 0.101. The van der Waals surface area contributed by atoms with Gasteiger partial charge >= 0.3 is 5.97 Å². The standard InChI is InChI=1S/C15H24NO3P/c1-12(10-14(16)15(17)18)11-20(19)9-5-8-13-6-3-2-4-7-13/h2-4,6-7,12,14,20H,5,8-11,16H2,1H3,(H,17,18)/t12?,14-/m0/s1. The van der Waals surface area contributed by atoms with Crippen LogP contribution >= 0.6 is 7.80 Å². The van der Waals surface area contributed by atoms with Crippen LogP contribution < -0.4 is 5.73 Å². The minimum Gasteiger partial charge on any atom is -0.480 e. The topological polar surface area (TPSA) is 80.4 Å². The van der Waals surface area contributed by atoms with Crippen molar-refractivity contribution in [3.05, 3.63) is 35.9 Å². The van der Waals surface area contributed by atoms with Gasteiger partial charge in [0.1, 0.15) is 6.04 Å². The molecule has 0 amide bonds. The van der Waals surface area contributed by atoms with E-state index in [1.165, 1.54) is 5.56 Å². The Bertz CT molecular complexity index is 436. The van der Waals surface area contributed by atoms with E-state index >= 15 is 0 Å². The summed E-state index contributed by atoms with van der Waals surface area (Å²) in [5, 5.41) is 8.74. The first-order valence-corrected chi connectivity index (χ1v) is 8.85. The number of carboxylic acids is 1. The highest BCUT2D eigenvalue weighted by atomic mass is 31.1. The van der Waals surface area contributed by atoms with Gasteiger partial charge in [-0.25, -0.2) is 0 Å². The van der Waals surface area contributed by atoms with Crippen molar-refractivity contribution in [3.63, 3.8) is 0 Å². The lowest BCUT2D eigenvalue weighted by Crippen LogP contribution is -2.32. The van der Waals surface area contributed by atoms with Gasteiger partial charge in [0.2, 0.25) is 0 Å². The third-order valence-electron chi connectivity index (χ3n) is 3.31. The quantitative estimate of drug-likeness (QED) is 0.687. The Morgan fingerprint density at radius 2 is 2.00 bits per heavy atom. The molecule has 0 aliphatic carbocycles. The number of rotatable bonds is 9. The van der Waals surface area contributed by atoms with E-state index in [0.29, 0.717) is 12.6 Å². The lowest BCUT2D eigenvalue weighted by molar-refractivity contribution is -0.138. The van der Waals surface area contributed by atoms with Gasteiger partial charge < -0.3 is 15.4 Å². The number of hydrogen-bond acceptors (Lipinski definition) is 3. The van der Waals surface area contributed by atoms with Gasteiger partial charge in [-0.05, 0) is 36.9 Å². The van der Waals surface area contributed by atoms with Gasteiger partial charge in [0.15, 0.2) is 0 Å². The summed E-state index contributed by atoms with van der Waals surface area (Å²) in [6, 6.07) is 9.31. The summed E-state index contributed by atoms with van der Waals surface area (Å²) >= 11 is 0. The first-order valence-electron chi connectivity index (χ1n) is 7.03. The number of aryl methyl sites for hydroxylation is 1. The average Bonchev–Trinajstić information content (AvgIpc) is 2.39.